The van der Waals surface area contributed by atoms with Gasteiger partial charge in [-0.2, -0.15) is 0 Å². The minimum absolute atomic E-state index is 0.0784. The van der Waals surface area contributed by atoms with Crippen LogP contribution in [0.15, 0.2) is 0 Å². The van der Waals surface area contributed by atoms with Gasteiger partial charge >= 0.3 is 0 Å². The van der Waals surface area contributed by atoms with Gasteiger partial charge in [-0.15, -0.1) is 0 Å². The average molecular weight is 213 g/mol. The van der Waals surface area contributed by atoms with Gasteiger partial charge in [-0.25, -0.2) is 5.84 Å². The Balaban J connectivity index is 2.31. The fraction of sp³-hybridized carbons (Fsp3) is 0.909. The summed E-state index contributed by atoms with van der Waals surface area (Å²) in [5.74, 6) is 5.72. The molecule has 2 unspecified atom stereocenters. The molecule has 0 aromatic heterocycles. The monoisotopic (exact) mass is 213 g/mol. The van der Waals surface area contributed by atoms with Crippen molar-refractivity contribution in [2.75, 3.05) is 13.6 Å². The highest BCUT2D eigenvalue weighted by Crippen LogP contribution is 2.27. The molecule has 4 nitrogen and oxygen atoms in total. The van der Waals surface area contributed by atoms with Crippen molar-refractivity contribution >= 4 is 5.91 Å². The second kappa shape index (κ2) is 6.08. The summed E-state index contributed by atoms with van der Waals surface area (Å²) in [6.07, 6.45) is 5.76. The van der Waals surface area contributed by atoms with Crippen molar-refractivity contribution in [1.82, 2.24) is 10.3 Å². The van der Waals surface area contributed by atoms with Crippen LogP contribution < -0.4 is 11.3 Å². The zero-order valence-corrected chi connectivity index (χ0v) is 9.83. The molecular formula is C11H23N3O. The molecule has 88 valence electrons. The number of nitrogens with two attached hydrogens (primary N) is 1. The maximum absolute atomic E-state index is 11.0. The Kier molecular flexibility index (Phi) is 5.05. The van der Waals surface area contributed by atoms with Gasteiger partial charge in [0.05, 0.1) is 0 Å². The van der Waals surface area contributed by atoms with Crippen LogP contribution in [-0.4, -0.2) is 30.4 Å². The SMILES string of the molecule is CC1CCCCC1N(C)CCC(=O)NN. The van der Waals surface area contributed by atoms with E-state index in [-0.39, 0.29) is 5.91 Å². The lowest BCUT2D eigenvalue weighted by Crippen LogP contribution is -2.41. The molecule has 1 aliphatic carbocycles. The van der Waals surface area contributed by atoms with Crippen LogP contribution >= 0.6 is 0 Å². The second-order valence-electron chi connectivity index (χ2n) is 4.63. The minimum Gasteiger partial charge on any atom is -0.303 e. The molecule has 1 fully saturated rings. The van der Waals surface area contributed by atoms with Crippen LogP contribution in [0.1, 0.15) is 39.0 Å². The van der Waals surface area contributed by atoms with Crippen LogP contribution in [-0.2, 0) is 4.79 Å². The number of carbonyl (C=O) groups excluding carboxylic acids is 1. The van der Waals surface area contributed by atoms with Gasteiger partial charge in [0.25, 0.3) is 0 Å². The lowest BCUT2D eigenvalue weighted by Gasteiger charge is -2.36. The summed E-state index contributed by atoms with van der Waals surface area (Å²) in [4.78, 5) is 13.3. The molecule has 0 aromatic carbocycles. The fourth-order valence-corrected chi connectivity index (χ4v) is 2.47. The third-order valence-corrected chi connectivity index (χ3v) is 3.48. The first-order chi connectivity index (χ1) is 7.15. The van der Waals surface area contributed by atoms with E-state index in [1.54, 1.807) is 0 Å². The summed E-state index contributed by atoms with van der Waals surface area (Å²) >= 11 is 0. The van der Waals surface area contributed by atoms with E-state index < -0.39 is 0 Å². The highest BCUT2D eigenvalue weighted by molar-refractivity contribution is 5.75. The largest absolute Gasteiger partial charge is 0.303 e. The van der Waals surface area contributed by atoms with Crippen molar-refractivity contribution < 1.29 is 4.79 Å². The van der Waals surface area contributed by atoms with Crippen LogP contribution in [0.3, 0.4) is 0 Å². The summed E-state index contributed by atoms with van der Waals surface area (Å²) in [6.45, 7) is 3.11. The van der Waals surface area contributed by atoms with Crippen molar-refractivity contribution in [2.24, 2.45) is 11.8 Å². The third kappa shape index (κ3) is 3.80. The van der Waals surface area contributed by atoms with E-state index in [1.165, 1.54) is 25.7 Å². The Bertz CT molecular complexity index is 208. The molecule has 1 amide bonds. The van der Waals surface area contributed by atoms with E-state index in [2.05, 4.69) is 24.3 Å². The van der Waals surface area contributed by atoms with Crippen molar-refractivity contribution in [3.63, 3.8) is 0 Å². The predicted molar refractivity (Wildman–Crippen MR) is 61.0 cm³/mol. The Morgan fingerprint density at radius 1 is 1.47 bits per heavy atom. The molecule has 3 N–H and O–H groups in total. The zero-order chi connectivity index (χ0) is 11.3. The molecule has 0 radical (unpaired) electrons. The molecule has 0 aromatic rings. The number of nitrogens with one attached hydrogen (secondary N) is 1. The van der Waals surface area contributed by atoms with Gasteiger partial charge in [0, 0.05) is 19.0 Å². The van der Waals surface area contributed by atoms with E-state index in [0.717, 1.165) is 12.5 Å². The van der Waals surface area contributed by atoms with E-state index in [0.29, 0.717) is 12.5 Å². The Hall–Kier alpha value is -0.610. The van der Waals surface area contributed by atoms with Crippen molar-refractivity contribution in [3.05, 3.63) is 0 Å². The quantitative estimate of drug-likeness (QED) is 0.414. The summed E-state index contributed by atoms with van der Waals surface area (Å²) in [5.41, 5.74) is 2.17. The summed E-state index contributed by atoms with van der Waals surface area (Å²) in [7, 11) is 2.11. The molecule has 1 rings (SSSR count). The van der Waals surface area contributed by atoms with E-state index in [9.17, 15) is 4.79 Å². The molecule has 2 atom stereocenters. The average Bonchev–Trinajstić information content (AvgIpc) is 2.26. The number of hydrazine groups is 1. The Morgan fingerprint density at radius 3 is 2.73 bits per heavy atom. The molecule has 1 saturated carbocycles. The molecule has 0 saturated heterocycles. The lowest BCUT2D eigenvalue weighted by molar-refractivity contribution is -0.121. The molecule has 1 aliphatic rings. The van der Waals surface area contributed by atoms with Crippen LogP contribution in [0.5, 0.6) is 0 Å². The van der Waals surface area contributed by atoms with Gasteiger partial charge < -0.3 is 4.90 Å². The van der Waals surface area contributed by atoms with Crippen molar-refractivity contribution in [2.45, 2.75) is 45.1 Å². The van der Waals surface area contributed by atoms with Crippen LogP contribution in [0.25, 0.3) is 0 Å². The van der Waals surface area contributed by atoms with Gasteiger partial charge in [-0.05, 0) is 25.8 Å². The number of nitrogens with zero attached hydrogens (tertiary/aromatic N) is 1. The number of rotatable bonds is 4. The molecule has 15 heavy (non-hydrogen) atoms. The van der Waals surface area contributed by atoms with E-state index in [1.807, 2.05) is 0 Å². The standard InChI is InChI=1S/C11H23N3O/c1-9-5-3-4-6-10(9)14(2)8-7-11(15)13-12/h9-10H,3-8,12H2,1-2H3,(H,13,15). The first-order valence-electron chi connectivity index (χ1n) is 5.85. The normalized spacial score (nSPS) is 26.7. The smallest absolute Gasteiger partial charge is 0.235 e. The zero-order valence-electron chi connectivity index (χ0n) is 9.83. The molecular weight excluding hydrogens is 190 g/mol. The van der Waals surface area contributed by atoms with Gasteiger partial charge in [-0.1, -0.05) is 19.8 Å². The van der Waals surface area contributed by atoms with Crippen LogP contribution in [0, 0.1) is 5.92 Å². The highest BCUT2D eigenvalue weighted by Gasteiger charge is 2.24. The van der Waals surface area contributed by atoms with Crippen LogP contribution in [0.4, 0.5) is 0 Å². The van der Waals surface area contributed by atoms with Gasteiger partial charge in [0.15, 0.2) is 0 Å². The summed E-state index contributed by atoms with van der Waals surface area (Å²) < 4.78 is 0. The Labute approximate surface area is 92.2 Å². The summed E-state index contributed by atoms with van der Waals surface area (Å²) in [5, 5.41) is 0. The number of hydrogen-bond donors (Lipinski definition) is 2. The topological polar surface area (TPSA) is 58.4 Å². The summed E-state index contributed by atoms with van der Waals surface area (Å²) in [6, 6.07) is 0.643. The molecule has 0 spiro atoms. The first-order valence-corrected chi connectivity index (χ1v) is 5.85. The van der Waals surface area contributed by atoms with Gasteiger partial charge in [0.1, 0.15) is 0 Å². The fourth-order valence-electron chi connectivity index (χ4n) is 2.47. The van der Waals surface area contributed by atoms with E-state index >= 15 is 0 Å². The number of hydrogen-bond acceptors (Lipinski definition) is 3. The van der Waals surface area contributed by atoms with E-state index in [4.69, 9.17) is 5.84 Å². The van der Waals surface area contributed by atoms with Crippen LogP contribution in [0.2, 0.25) is 0 Å². The predicted octanol–water partition coefficient (Wildman–Crippen LogP) is 0.877. The van der Waals surface area contributed by atoms with Crippen molar-refractivity contribution in [3.8, 4) is 0 Å². The minimum atomic E-state index is -0.0784. The maximum atomic E-state index is 11.0. The van der Waals surface area contributed by atoms with Gasteiger partial charge in [-0.3, -0.25) is 10.2 Å². The molecule has 4 heteroatoms. The number of amides is 1. The molecule has 0 bridgehead atoms. The highest BCUT2D eigenvalue weighted by atomic mass is 16.2. The van der Waals surface area contributed by atoms with Gasteiger partial charge in [0.2, 0.25) is 5.91 Å². The Morgan fingerprint density at radius 2 is 2.13 bits per heavy atom. The maximum Gasteiger partial charge on any atom is 0.235 e. The number of carbonyl (C=O) groups is 1. The van der Waals surface area contributed by atoms with Crippen molar-refractivity contribution in [1.29, 1.82) is 0 Å². The molecule has 0 heterocycles. The lowest BCUT2D eigenvalue weighted by atomic mass is 9.85. The second-order valence-corrected chi connectivity index (χ2v) is 4.63. The first kappa shape index (κ1) is 12.5. The molecule has 0 aliphatic heterocycles. The third-order valence-electron chi connectivity index (χ3n) is 3.48.